The van der Waals surface area contributed by atoms with E-state index in [2.05, 4.69) is 34.6 Å². The Morgan fingerprint density at radius 1 is 1.11 bits per heavy atom. The van der Waals surface area contributed by atoms with Gasteiger partial charge >= 0.3 is 0 Å². The SMILES string of the molecule is CC[C@H](CN(C)Cc1ccccc1)NC(=O)c1ccc2c(c1)NC(=O)/C(=C\c1ccccc1OC)O2. The minimum Gasteiger partial charge on any atom is -0.496 e. The quantitative estimate of drug-likeness (QED) is 0.429. The summed E-state index contributed by atoms with van der Waals surface area (Å²) in [7, 11) is 3.62. The number of para-hydroxylation sites is 1. The number of likely N-dealkylation sites (N-methyl/N-ethyl adjacent to an activating group) is 1. The number of ether oxygens (including phenoxy) is 2. The molecule has 2 amide bonds. The number of carbonyl (C=O) groups excluding carboxylic acids is 2. The summed E-state index contributed by atoms with van der Waals surface area (Å²) in [6.45, 7) is 3.58. The van der Waals surface area contributed by atoms with E-state index in [1.807, 2.05) is 49.5 Å². The molecule has 1 aliphatic heterocycles. The molecule has 4 rings (SSSR count). The van der Waals surface area contributed by atoms with Crippen LogP contribution < -0.4 is 20.1 Å². The molecule has 0 bridgehead atoms. The monoisotopic (exact) mass is 485 g/mol. The third-order valence-corrected chi connectivity index (χ3v) is 6.01. The first kappa shape index (κ1) is 25.0. The second-order valence-corrected chi connectivity index (χ2v) is 8.78. The van der Waals surface area contributed by atoms with Crippen LogP contribution in [0.5, 0.6) is 11.5 Å². The van der Waals surface area contributed by atoms with Gasteiger partial charge in [0.05, 0.1) is 12.8 Å². The predicted molar refractivity (Wildman–Crippen MR) is 141 cm³/mol. The van der Waals surface area contributed by atoms with Crippen LogP contribution in [0.4, 0.5) is 5.69 Å². The van der Waals surface area contributed by atoms with Crippen LogP contribution in [0.3, 0.4) is 0 Å². The standard InChI is InChI=1S/C29H31N3O4/c1-4-23(19-32(2)18-20-10-6-5-7-11-20)30-28(33)22-14-15-26-24(16-22)31-29(34)27(36-26)17-21-12-8-9-13-25(21)35-3/h5-17,23H,4,18-19H2,1-3H3,(H,30,33)(H,31,34)/b27-17+/t23-/m1/s1. The molecule has 186 valence electrons. The number of hydrogen-bond donors (Lipinski definition) is 2. The summed E-state index contributed by atoms with van der Waals surface area (Å²) in [5.74, 6) is 0.681. The van der Waals surface area contributed by atoms with E-state index < -0.39 is 0 Å². The van der Waals surface area contributed by atoms with Crippen molar-refractivity contribution < 1.29 is 19.1 Å². The zero-order valence-corrected chi connectivity index (χ0v) is 20.8. The second-order valence-electron chi connectivity index (χ2n) is 8.78. The number of amides is 2. The third kappa shape index (κ3) is 6.12. The summed E-state index contributed by atoms with van der Waals surface area (Å²) in [5.41, 5.74) is 2.87. The number of rotatable bonds is 9. The Bertz CT molecular complexity index is 1260. The summed E-state index contributed by atoms with van der Waals surface area (Å²) in [6, 6.07) is 22.6. The Hall–Kier alpha value is -4.10. The maximum absolute atomic E-state index is 13.0. The summed E-state index contributed by atoms with van der Waals surface area (Å²) in [6.07, 6.45) is 2.43. The highest BCUT2D eigenvalue weighted by atomic mass is 16.5. The Morgan fingerprint density at radius 2 is 1.86 bits per heavy atom. The van der Waals surface area contributed by atoms with E-state index in [9.17, 15) is 9.59 Å². The summed E-state index contributed by atoms with van der Waals surface area (Å²) < 4.78 is 11.2. The van der Waals surface area contributed by atoms with Crippen molar-refractivity contribution in [2.24, 2.45) is 0 Å². The Balaban J connectivity index is 1.42. The van der Waals surface area contributed by atoms with Gasteiger partial charge in [0.2, 0.25) is 0 Å². The Kier molecular flexibility index (Phi) is 8.02. The molecule has 0 radical (unpaired) electrons. The van der Waals surface area contributed by atoms with Gasteiger partial charge in [-0.2, -0.15) is 0 Å². The molecule has 0 aromatic heterocycles. The van der Waals surface area contributed by atoms with Crippen molar-refractivity contribution in [2.75, 3.05) is 26.0 Å². The molecule has 1 atom stereocenters. The van der Waals surface area contributed by atoms with E-state index in [0.29, 0.717) is 22.7 Å². The van der Waals surface area contributed by atoms with Crippen LogP contribution in [0.25, 0.3) is 6.08 Å². The van der Waals surface area contributed by atoms with Gasteiger partial charge in [-0.15, -0.1) is 0 Å². The van der Waals surface area contributed by atoms with Crippen molar-refractivity contribution in [3.8, 4) is 11.5 Å². The lowest BCUT2D eigenvalue weighted by Crippen LogP contribution is -2.42. The Morgan fingerprint density at radius 3 is 2.61 bits per heavy atom. The van der Waals surface area contributed by atoms with Gasteiger partial charge in [0, 0.05) is 30.3 Å². The van der Waals surface area contributed by atoms with E-state index in [-0.39, 0.29) is 23.6 Å². The van der Waals surface area contributed by atoms with Gasteiger partial charge in [-0.3, -0.25) is 9.59 Å². The maximum atomic E-state index is 13.0. The number of benzene rings is 3. The lowest BCUT2D eigenvalue weighted by Gasteiger charge is -2.25. The van der Waals surface area contributed by atoms with Crippen LogP contribution >= 0.6 is 0 Å². The average Bonchev–Trinajstić information content (AvgIpc) is 2.89. The summed E-state index contributed by atoms with van der Waals surface area (Å²) in [5, 5.41) is 5.94. The molecule has 0 fully saturated rings. The van der Waals surface area contributed by atoms with Crippen molar-refractivity contribution in [1.29, 1.82) is 0 Å². The van der Waals surface area contributed by atoms with Crippen LogP contribution in [-0.2, 0) is 11.3 Å². The number of nitrogens with zero attached hydrogens (tertiary/aromatic N) is 1. The largest absolute Gasteiger partial charge is 0.496 e. The van der Waals surface area contributed by atoms with Gasteiger partial charge in [0.1, 0.15) is 5.75 Å². The molecule has 1 aliphatic rings. The fraction of sp³-hybridized carbons (Fsp3) is 0.241. The molecule has 2 N–H and O–H groups in total. The lowest BCUT2D eigenvalue weighted by molar-refractivity contribution is -0.115. The van der Waals surface area contributed by atoms with Crippen molar-refractivity contribution in [1.82, 2.24) is 10.2 Å². The number of carbonyl (C=O) groups is 2. The smallest absolute Gasteiger partial charge is 0.291 e. The zero-order valence-electron chi connectivity index (χ0n) is 20.8. The number of nitrogens with one attached hydrogen (secondary N) is 2. The van der Waals surface area contributed by atoms with Crippen molar-refractivity contribution in [3.63, 3.8) is 0 Å². The van der Waals surface area contributed by atoms with Crippen LogP contribution in [0, 0.1) is 0 Å². The summed E-state index contributed by atoms with van der Waals surface area (Å²) >= 11 is 0. The van der Waals surface area contributed by atoms with Crippen molar-refractivity contribution in [2.45, 2.75) is 25.9 Å². The zero-order chi connectivity index (χ0) is 25.5. The highest BCUT2D eigenvalue weighted by Gasteiger charge is 2.24. The Labute approximate surface area is 211 Å². The molecule has 0 unspecified atom stereocenters. The first-order valence-corrected chi connectivity index (χ1v) is 12.0. The van der Waals surface area contributed by atoms with E-state index in [1.54, 1.807) is 31.4 Å². The molecule has 0 spiro atoms. The van der Waals surface area contributed by atoms with Gasteiger partial charge in [0.15, 0.2) is 11.5 Å². The van der Waals surface area contributed by atoms with Crippen LogP contribution in [0.15, 0.2) is 78.6 Å². The normalized spacial score (nSPS) is 14.6. The number of fused-ring (bicyclic) bond motifs is 1. The molecule has 0 saturated heterocycles. The maximum Gasteiger partial charge on any atom is 0.291 e. The molecular weight excluding hydrogens is 454 g/mol. The van der Waals surface area contributed by atoms with Crippen LogP contribution in [-0.4, -0.2) is 43.5 Å². The first-order chi connectivity index (χ1) is 17.5. The van der Waals surface area contributed by atoms with Crippen LogP contribution in [0.1, 0.15) is 34.8 Å². The average molecular weight is 486 g/mol. The van der Waals surface area contributed by atoms with Gasteiger partial charge in [0.25, 0.3) is 11.8 Å². The highest BCUT2D eigenvalue weighted by Crippen LogP contribution is 2.33. The van der Waals surface area contributed by atoms with Gasteiger partial charge < -0.3 is 25.0 Å². The molecule has 1 heterocycles. The van der Waals surface area contributed by atoms with Crippen molar-refractivity contribution in [3.05, 3.63) is 95.2 Å². The third-order valence-electron chi connectivity index (χ3n) is 6.01. The van der Waals surface area contributed by atoms with Gasteiger partial charge in [-0.25, -0.2) is 0 Å². The molecule has 3 aromatic carbocycles. The predicted octanol–water partition coefficient (Wildman–Crippen LogP) is 4.71. The van der Waals surface area contributed by atoms with E-state index in [4.69, 9.17) is 9.47 Å². The molecular formula is C29H31N3O4. The molecule has 7 heteroatoms. The first-order valence-electron chi connectivity index (χ1n) is 12.0. The second kappa shape index (κ2) is 11.6. The van der Waals surface area contributed by atoms with Crippen LogP contribution in [0.2, 0.25) is 0 Å². The summed E-state index contributed by atoms with van der Waals surface area (Å²) in [4.78, 5) is 27.9. The van der Waals surface area contributed by atoms with E-state index in [1.165, 1.54) is 5.56 Å². The molecule has 36 heavy (non-hydrogen) atoms. The minimum absolute atomic E-state index is 0.0107. The topological polar surface area (TPSA) is 79.9 Å². The van der Waals surface area contributed by atoms with E-state index >= 15 is 0 Å². The molecule has 7 nitrogen and oxygen atoms in total. The molecule has 0 aliphatic carbocycles. The fourth-order valence-corrected chi connectivity index (χ4v) is 4.11. The van der Waals surface area contributed by atoms with E-state index in [0.717, 1.165) is 25.1 Å². The lowest BCUT2D eigenvalue weighted by atomic mass is 10.1. The van der Waals surface area contributed by atoms with Gasteiger partial charge in [-0.05, 0) is 49.4 Å². The molecule has 0 saturated carbocycles. The number of hydrogen-bond acceptors (Lipinski definition) is 5. The number of methoxy groups -OCH3 is 1. The van der Waals surface area contributed by atoms with Crippen molar-refractivity contribution >= 4 is 23.6 Å². The molecule has 3 aromatic rings. The van der Waals surface area contributed by atoms with Gasteiger partial charge in [-0.1, -0.05) is 55.5 Å². The fourth-order valence-electron chi connectivity index (χ4n) is 4.11. The number of anilines is 1. The highest BCUT2D eigenvalue weighted by molar-refractivity contribution is 6.09. The minimum atomic E-state index is -0.389.